The molecule has 0 bridgehead atoms. The first kappa shape index (κ1) is 20.2. The number of alkyl halides is 3. The lowest BCUT2D eigenvalue weighted by Gasteiger charge is -2.19. The highest BCUT2D eigenvalue weighted by molar-refractivity contribution is 6.04. The standard InChI is InChI=1S/C17H20F3N3O2.CH4/c18-17(19,20)13-8-11(15-10-25-16(24)9-23-15)3-4-14(13)22-7-5-12-2-1-6-21-12;/h3-4,8,12,21-22H,1-2,5-7,9-10H2;1H4. The van der Waals surface area contributed by atoms with E-state index in [0.29, 0.717) is 23.9 Å². The molecule has 0 spiro atoms. The average molecular weight is 371 g/mol. The monoisotopic (exact) mass is 371 g/mol. The molecule has 1 atom stereocenters. The van der Waals surface area contributed by atoms with E-state index >= 15 is 0 Å². The Morgan fingerprint density at radius 1 is 1.35 bits per heavy atom. The number of aliphatic imine (C=N–C) groups is 1. The van der Waals surface area contributed by atoms with Crippen LogP contribution in [0.4, 0.5) is 18.9 Å². The number of hydrogen-bond acceptors (Lipinski definition) is 5. The Labute approximate surface area is 151 Å². The number of benzene rings is 1. The molecule has 0 saturated carbocycles. The van der Waals surface area contributed by atoms with Gasteiger partial charge in [-0.3, -0.25) is 9.79 Å². The zero-order chi connectivity index (χ0) is 17.9. The summed E-state index contributed by atoms with van der Waals surface area (Å²) in [7, 11) is 0. The number of carbonyl (C=O) groups is 1. The van der Waals surface area contributed by atoms with E-state index in [1.165, 1.54) is 6.07 Å². The molecular formula is C18H24F3N3O2. The number of halogens is 3. The van der Waals surface area contributed by atoms with Crippen LogP contribution in [0.2, 0.25) is 0 Å². The first-order chi connectivity index (χ1) is 11.9. The summed E-state index contributed by atoms with van der Waals surface area (Å²) in [6.45, 7) is 1.18. The summed E-state index contributed by atoms with van der Waals surface area (Å²) in [6, 6.07) is 4.42. The van der Waals surface area contributed by atoms with Gasteiger partial charge in [-0.2, -0.15) is 13.2 Å². The first-order valence-electron chi connectivity index (χ1n) is 8.31. The van der Waals surface area contributed by atoms with Gasteiger partial charge in [0.25, 0.3) is 0 Å². The van der Waals surface area contributed by atoms with E-state index in [2.05, 4.69) is 15.6 Å². The fraction of sp³-hybridized carbons (Fsp3) is 0.556. The quantitative estimate of drug-likeness (QED) is 0.780. The molecule has 8 heteroatoms. The van der Waals surface area contributed by atoms with E-state index < -0.39 is 17.7 Å². The molecule has 0 aromatic heterocycles. The second-order valence-corrected chi connectivity index (χ2v) is 6.19. The first-order valence-corrected chi connectivity index (χ1v) is 8.31. The number of nitrogens with zero attached hydrogens (tertiary/aromatic N) is 1. The van der Waals surface area contributed by atoms with Gasteiger partial charge in [0.1, 0.15) is 13.2 Å². The largest absolute Gasteiger partial charge is 0.458 e. The van der Waals surface area contributed by atoms with Crippen molar-refractivity contribution in [2.75, 3.05) is 31.6 Å². The zero-order valence-electron chi connectivity index (χ0n) is 13.7. The number of anilines is 1. The van der Waals surface area contributed by atoms with Gasteiger partial charge in [0.2, 0.25) is 0 Å². The van der Waals surface area contributed by atoms with E-state index in [4.69, 9.17) is 4.74 Å². The summed E-state index contributed by atoms with van der Waals surface area (Å²) < 4.78 is 45.1. The van der Waals surface area contributed by atoms with Crippen LogP contribution in [0.3, 0.4) is 0 Å². The van der Waals surface area contributed by atoms with Gasteiger partial charge in [-0.15, -0.1) is 0 Å². The third-order valence-electron chi connectivity index (χ3n) is 4.40. The molecule has 2 aliphatic rings. The Bertz CT molecular complexity index is 668. The van der Waals surface area contributed by atoms with Crippen LogP contribution in [0.25, 0.3) is 0 Å². The minimum Gasteiger partial charge on any atom is -0.458 e. The van der Waals surface area contributed by atoms with Crippen molar-refractivity contribution in [2.45, 2.75) is 38.9 Å². The van der Waals surface area contributed by atoms with Crippen LogP contribution in [0.1, 0.15) is 37.8 Å². The maximum absolute atomic E-state index is 13.4. The van der Waals surface area contributed by atoms with Crippen LogP contribution in [0, 0.1) is 0 Å². The number of rotatable bonds is 5. The molecule has 144 valence electrons. The highest BCUT2D eigenvalue weighted by Crippen LogP contribution is 2.35. The lowest BCUT2D eigenvalue weighted by atomic mass is 10.0. The van der Waals surface area contributed by atoms with Crippen molar-refractivity contribution in [3.63, 3.8) is 0 Å². The van der Waals surface area contributed by atoms with E-state index in [0.717, 1.165) is 31.9 Å². The molecule has 26 heavy (non-hydrogen) atoms. The molecule has 3 rings (SSSR count). The highest BCUT2D eigenvalue weighted by Gasteiger charge is 2.34. The Morgan fingerprint density at radius 2 is 2.15 bits per heavy atom. The lowest BCUT2D eigenvalue weighted by Crippen LogP contribution is -2.25. The fourth-order valence-corrected chi connectivity index (χ4v) is 3.07. The van der Waals surface area contributed by atoms with Crippen LogP contribution >= 0.6 is 0 Å². The Balaban J connectivity index is 0.00000243. The second-order valence-electron chi connectivity index (χ2n) is 6.19. The summed E-state index contributed by atoms with van der Waals surface area (Å²) in [5, 5.41) is 6.22. The molecular weight excluding hydrogens is 347 g/mol. The van der Waals surface area contributed by atoms with E-state index in [1.54, 1.807) is 6.07 Å². The topological polar surface area (TPSA) is 62.7 Å². The van der Waals surface area contributed by atoms with Crippen LogP contribution in [0.15, 0.2) is 23.2 Å². The van der Waals surface area contributed by atoms with Gasteiger partial charge in [0.05, 0.1) is 11.3 Å². The number of carbonyl (C=O) groups excluding carboxylic acids is 1. The molecule has 0 amide bonds. The van der Waals surface area contributed by atoms with Gasteiger partial charge in [0, 0.05) is 18.3 Å². The Kier molecular flexibility index (Phi) is 6.63. The molecule has 2 aliphatic heterocycles. The fourth-order valence-electron chi connectivity index (χ4n) is 3.07. The van der Waals surface area contributed by atoms with Gasteiger partial charge in [-0.05, 0) is 43.5 Å². The minimum atomic E-state index is -4.48. The summed E-state index contributed by atoms with van der Waals surface area (Å²) in [5.74, 6) is -0.474. The van der Waals surface area contributed by atoms with Gasteiger partial charge in [-0.1, -0.05) is 13.5 Å². The van der Waals surface area contributed by atoms with Gasteiger partial charge < -0.3 is 15.4 Å². The molecule has 1 unspecified atom stereocenters. The van der Waals surface area contributed by atoms with E-state index in [9.17, 15) is 18.0 Å². The maximum Gasteiger partial charge on any atom is 0.418 e. The molecule has 2 N–H and O–H groups in total. The lowest BCUT2D eigenvalue weighted by molar-refractivity contribution is -0.141. The van der Waals surface area contributed by atoms with Crippen LogP contribution in [-0.2, 0) is 15.7 Å². The second kappa shape index (κ2) is 8.53. The molecule has 1 aromatic rings. The molecule has 1 fully saturated rings. The molecule has 0 radical (unpaired) electrons. The third-order valence-corrected chi connectivity index (χ3v) is 4.40. The number of cyclic esters (lactones) is 1. The molecule has 1 aromatic carbocycles. The minimum absolute atomic E-state index is 0. The number of ether oxygens (including phenoxy) is 1. The molecule has 0 aliphatic carbocycles. The van der Waals surface area contributed by atoms with Crippen molar-refractivity contribution in [3.8, 4) is 0 Å². The highest BCUT2D eigenvalue weighted by atomic mass is 19.4. The number of nitrogens with one attached hydrogen (secondary N) is 2. The van der Waals surface area contributed by atoms with E-state index in [-0.39, 0.29) is 26.3 Å². The summed E-state index contributed by atoms with van der Waals surface area (Å²) in [4.78, 5) is 15.0. The average Bonchev–Trinajstić information content (AvgIpc) is 3.08. The van der Waals surface area contributed by atoms with Crippen LogP contribution in [0.5, 0.6) is 0 Å². The predicted molar refractivity (Wildman–Crippen MR) is 94.7 cm³/mol. The van der Waals surface area contributed by atoms with Crippen molar-refractivity contribution in [1.29, 1.82) is 0 Å². The normalized spacial score (nSPS) is 20.2. The van der Waals surface area contributed by atoms with Gasteiger partial charge in [-0.25, -0.2) is 0 Å². The van der Waals surface area contributed by atoms with E-state index in [1.807, 2.05) is 0 Å². The molecule has 5 nitrogen and oxygen atoms in total. The van der Waals surface area contributed by atoms with Gasteiger partial charge in [0.15, 0.2) is 0 Å². The Morgan fingerprint density at radius 3 is 2.77 bits per heavy atom. The summed E-state index contributed by atoms with van der Waals surface area (Å²) >= 11 is 0. The van der Waals surface area contributed by atoms with Crippen LogP contribution in [-0.4, -0.2) is 44.0 Å². The summed E-state index contributed by atoms with van der Waals surface area (Å²) in [5.41, 5.74) is 0.00118. The number of hydrogen-bond donors (Lipinski definition) is 2. The molecule has 1 saturated heterocycles. The van der Waals surface area contributed by atoms with Gasteiger partial charge >= 0.3 is 12.1 Å². The molecule has 2 heterocycles. The summed E-state index contributed by atoms with van der Waals surface area (Å²) in [6.07, 6.45) is -1.53. The maximum atomic E-state index is 13.4. The smallest absolute Gasteiger partial charge is 0.418 e. The Hall–Kier alpha value is -2.09. The predicted octanol–water partition coefficient (Wildman–Crippen LogP) is 3.24. The van der Waals surface area contributed by atoms with Crippen molar-refractivity contribution < 1.29 is 22.7 Å². The van der Waals surface area contributed by atoms with Crippen molar-refractivity contribution >= 4 is 17.4 Å². The van der Waals surface area contributed by atoms with Crippen molar-refractivity contribution in [1.82, 2.24) is 5.32 Å². The van der Waals surface area contributed by atoms with Crippen LogP contribution < -0.4 is 10.6 Å². The van der Waals surface area contributed by atoms with Crippen molar-refractivity contribution in [3.05, 3.63) is 29.3 Å². The zero-order valence-corrected chi connectivity index (χ0v) is 13.7. The van der Waals surface area contributed by atoms with Crippen molar-refractivity contribution in [2.24, 2.45) is 4.99 Å². The number of esters is 1. The third kappa shape index (κ3) is 4.97. The SMILES string of the molecule is C.O=C1CN=C(c2ccc(NCCC3CCCN3)c(C(F)(F)F)c2)CO1.